The van der Waals surface area contributed by atoms with Crippen molar-refractivity contribution in [2.24, 2.45) is 0 Å². The van der Waals surface area contributed by atoms with Crippen molar-refractivity contribution < 1.29 is 0 Å². The van der Waals surface area contributed by atoms with Crippen LogP contribution in [0, 0.1) is 0 Å². The third kappa shape index (κ3) is 3.55. The third-order valence-corrected chi connectivity index (χ3v) is 3.64. The van der Waals surface area contributed by atoms with Gasteiger partial charge in [0.25, 0.3) is 0 Å². The number of hydrogen-bond donors (Lipinski definition) is 1. The first-order valence-corrected chi connectivity index (χ1v) is 6.91. The Morgan fingerprint density at radius 3 is 2.89 bits per heavy atom. The zero-order valence-corrected chi connectivity index (χ0v) is 12.4. The Morgan fingerprint density at radius 1 is 1.39 bits per heavy atom. The first kappa shape index (κ1) is 13.5. The fourth-order valence-electron chi connectivity index (χ4n) is 1.68. The molecule has 0 fully saturated rings. The Bertz CT molecular complexity index is 516. The Balaban J connectivity index is 1.99. The van der Waals surface area contributed by atoms with Crippen molar-refractivity contribution in [3.8, 4) is 0 Å². The monoisotopic (exact) mass is 324 g/mol. The largest absolute Gasteiger partial charge is 0.306 e. The van der Waals surface area contributed by atoms with Crippen LogP contribution in [0.1, 0.15) is 24.1 Å². The molecule has 0 saturated heterocycles. The standard InChI is InChI=1S/C14H14BrClN2/c1-10(11-3-2-6-17-8-11)18-9-12-4-5-13(15)7-14(12)16/h2-8,10,18H,9H2,1H3/t10-/m0/s1. The van der Waals surface area contributed by atoms with Crippen molar-refractivity contribution in [2.45, 2.75) is 19.5 Å². The maximum absolute atomic E-state index is 6.18. The van der Waals surface area contributed by atoms with E-state index in [1.54, 1.807) is 6.20 Å². The number of pyridine rings is 1. The van der Waals surface area contributed by atoms with Gasteiger partial charge >= 0.3 is 0 Å². The van der Waals surface area contributed by atoms with Crippen molar-refractivity contribution in [3.63, 3.8) is 0 Å². The first-order valence-electron chi connectivity index (χ1n) is 5.74. The van der Waals surface area contributed by atoms with Gasteiger partial charge in [0.2, 0.25) is 0 Å². The Morgan fingerprint density at radius 2 is 2.22 bits per heavy atom. The molecule has 0 spiro atoms. The lowest BCUT2D eigenvalue weighted by Gasteiger charge is -2.14. The van der Waals surface area contributed by atoms with E-state index in [0.29, 0.717) is 0 Å². The van der Waals surface area contributed by atoms with Gasteiger partial charge in [0.1, 0.15) is 0 Å². The SMILES string of the molecule is C[C@H](NCc1ccc(Br)cc1Cl)c1cccnc1. The summed E-state index contributed by atoms with van der Waals surface area (Å²) >= 11 is 9.58. The molecule has 1 atom stereocenters. The minimum Gasteiger partial charge on any atom is -0.306 e. The summed E-state index contributed by atoms with van der Waals surface area (Å²) in [5, 5.41) is 4.21. The lowest BCUT2D eigenvalue weighted by Crippen LogP contribution is -2.18. The van der Waals surface area contributed by atoms with Gasteiger partial charge in [-0.05, 0) is 36.2 Å². The van der Waals surface area contributed by atoms with Gasteiger partial charge in [-0.25, -0.2) is 0 Å². The number of benzene rings is 1. The van der Waals surface area contributed by atoms with Crippen molar-refractivity contribution in [1.82, 2.24) is 10.3 Å². The molecule has 1 aromatic heterocycles. The van der Waals surface area contributed by atoms with Gasteiger partial charge in [0, 0.05) is 34.5 Å². The summed E-state index contributed by atoms with van der Waals surface area (Å²) in [7, 11) is 0. The number of rotatable bonds is 4. The molecule has 0 bridgehead atoms. The second-order valence-electron chi connectivity index (χ2n) is 4.12. The fourth-order valence-corrected chi connectivity index (χ4v) is 2.42. The predicted octanol–water partition coefficient (Wildman–Crippen LogP) is 4.35. The van der Waals surface area contributed by atoms with Crippen LogP contribution in [-0.2, 0) is 6.54 Å². The molecule has 18 heavy (non-hydrogen) atoms. The van der Waals surface area contributed by atoms with Crippen molar-refractivity contribution in [1.29, 1.82) is 0 Å². The molecule has 0 aliphatic heterocycles. The molecule has 0 saturated carbocycles. The number of halogens is 2. The maximum Gasteiger partial charge on any atom is 0.0462 e. The smallest absolute Gasteiger partial charge is 0.0462 e. The molecule has 1 heterocycles. The highest BCUT2D eigenvalue weighted by Gasteiger charge is 2.06. The second kappa shape index (κ2) is 6.32. The number of nitrogens with zero attached hydrogens (tertiary/aromatic N) is 1. The minimum atomic E-state index is 0.249. The van der Waals surface area contributed by atoms with Crippen LogP contribution in [0.4, 0.5) is 0 Å². The molecule has 2 nitrogen and oxygen atoms in total. The summed E-state index contributed by atoms with van der Waals surface area (Å²) in [6.45, 7) is 2.85. The van der Waals surface area contributed by atoms with Crippen LogP contribution in [0.3, 0.4) is 0 Å². The van der Waals surface area contributed by atoms with Gasteiger partial charge in [-0.15, -0.1) is 0 Å². The Labute approximate surface area is 121 Å². The van der Waals surface area contributed by atoms with Gasteiger partial charge < -0.3 is 5.32 Å². The third-order valence-electron chi connectivity index (χ3n) is 2.80. The van der Waals surface area contributed by atoms with E-state index in [1.165, 1.54) is 5.56 Å². The normalized spacial score (nSPS) is 12.4. The number of nitrogens with one attached hydrogen (secondary N) is 1. The van der Waals surface area contributed by atoms with Crippen LogP contribution in [0.5, 0.6) is 0 Å². The van der Waals surface area contributed by atoms with Gasteiger partial charge in [-0.2, -0.15) is 0 Å². The number of hydrogen-bond acceptors (Lipinski definition) is 2. The lowest BCUT2D eigenvalue weighted by atomic mass is 10.1. The molecule has 0 unspecified atom stereocenters. The molecule has 2 aromatic rings. The van der Waals surface area contributed by atoms with Crippen molar-refractivity contribution in [2.75, 3.05) is 0 Å². The summed E-state index contributed by atoms with van der Waals surface area (Å²) in [5.41, 5.74) is 2.27. The lowest BCUT2D eigenvalue weighted by molar-refractivity contribution is 0.573. The van der Waals surface area contributed by atoms with Gasteiger partial charge in [-0.3, -0.25) is 4.98 Å². The summed E-state index contributed by atoms with van der Waals surface area (Å²) in [6, 6.07) is 10.2. The summed E-state index contributed by atoms with van der Waals surface area (Å²) < 4.78 is 0.997. The van der Waals surface area contributed by atoms with Crippen LogP contribution >= 0.6 is 27.5 Å². The summed E-state index contributed by atoms with van der Waals surface area (Å²) in [6.07, 6.45) is 3.66. The predicted molar refractivity (Wildman–Crippen MR) is 78.6 cm³/mol. The van der Waals surface area contributed by atoms with Crippen LogP contribution in [0.15, 0.2) is 47.2 Å². The summed E-state index contributed by atoms with van der Waals surface area (Å²) in [4.78, 5) is 4.12. The van der Waals surface area contributed by atoms with E-state index in [9.17, 15) is 0 Å². The molecule has 4 heteroatoms. The van der Waals surface area contributed by atoms with Crippen LogP contribution in [0.25, 0.3) is 0 Å². The minimum absolute atomic E-state index is 0.249. The first-order chi connectivity index (χ1) is 8.66. The quantitative estimate of drug-likeness (QED) is 0.904. The van der Waals surface area contributed by atoms with E-state index in [0.717, 1.165) is 21.6 Å². The topological polar surface area (TPSA) is 24.9 Å². The Kier molecular flexibility index (Phi) is 4.75. The van der Waals surface area contributed by atoms with Crippen molar-refractivity contribution >= 4 is 27.5 Å². The van der Waals surface area contributed by atoms with Crippen LogP contribution in [0.2, 0.25) is 5.02 Å². The van der Waals surface area contributed by atoms with Gasteiger partial charge in [0.05, 0.1) is 0 Å². The van der Waals surface area contributed by atoms with Crippen molar-refractivity contribution in [3.05, 3.63) is 63.3 Å². The van der Waals surface area contributed by atoms with E-state index in [4.69, 9.17) is 11.6 Å². The van der Waals surface area contributed by atoms with Crippen LogP contribution in [-0.4, -0.2) is 4.98 Å². The Hall–Kier alpha value is -0.900. The summed E-state index contributed by atoms with van der Waals surface area (Å²) in [5.74, 6) is 0. The average molecular weight is 326 g/mol. The van der Waals surface area contributed by atoms with Crippen LogP contribution < -0.4 is 5.32 Å². The highest BCUT2D eigenvalue weighted by Crippen LogP contribution is 2.22. The van der Waals surface area contributed by atoms with E-state index in [1.807, 2.05) is 30.5 Å². The van der Waals surface area contributed by atoms with Gasteiger partial charge in [0.15, 0.2) is 0 Å². The fraction of sp³-hybridized carbons (Fsp3) is 0.214. The van der Waals surface area contributed by atoms with E-state index in [2.05, 4.69) is 39.2 Å². The molecular weight excluding hydrogens is 312 g/mol. The molecule has 0 radical (unpaired) electrons. The zero-order valence-electron chi connectivity index (χ0n) is 10.0. The maximum atomic E-state index is 6.18. The number of aromatic nitrogens is 1. The molecule has 0 amide bonds. The van der Waals surface area contributed by atoms with E-state index in [-0.39, 0.29) is 6.04 Å². The molecule has 0 aliphatic rings. The zero-order chi connectivity index (χ0) is 13.0. The highest BCUT2D eigenvalue weighted by atomic mass is 79.9. The molecule has 1 N–H and O–H groups in total. The molecule has 1 aromatic carbocycles. The highest BCUT2D eigenvalue weighted by molar-refractivity contribution is 9.10. The molecular formula is C14H14BrClN2. The molecule has 2 rings (SSSR count). The molecule has 0 aliphatic carbocycles. The van der Waals surface area contributed by atoms with E-state index < -0.39 is 0 Å². The van der Waals surface area contributed by atoms with E-state index >= 15 is 0 Å². The second-order valence-corrected chi connectivity index (χ2v) is 5.45. The van der Waals surface area contributed by atoms with Gasteiger partial charge in [-0.1, -0.05) is 39.7 Å². The average Bonchev–Trinajstić information content (AvgIpc) is 2.38. The molecule has 94 valence electrons.